The summed E-state index contributed by atoms with van der Waals surface area (Å²) in [4.78, 5) is 0.227. The highest BCUT2D eigenvalue weighted by atomic mass is 35.5. The molecule has 0 heterocycles. The van der Waals surface area contributed by atoms with Crippen LogP contribution in [0.15, 0.2) is 47.4 Å². The summed E-state index contributed by atoms with van der Waals surface area (Å²) in [5.74, 6) is 0.495. The zero-order valence-electron chi connectivity index (χ0n) is 13.2. The van der Waals surface area contributed by atoms with Gasteiger partial charge in [0.15, 0.2) is 0 Å². The highest BCUT2D eigenvalue weighted by molar-refractivity contribution is 7.92. The van der Waals surface area contributed by atoms with E-state index >= 15 is 0 Å². The van der Waals surface area contributed by atoms with E-state index in [-0.39, 0.29) is 4.90 Å². The van der Waals surface area contributed by atoms with E-state index in [1.165, 1.54) is 13.2 Å². The second-order valence-electron chi connectivity index (χ2n) is 5.20. The van der Waals surface area contributed by atoms with Crippen molar-refractivity contribution in [3.63, 3.8) is 0 Å². The topological polar surface area (TPSA) is 55.4 Å². The van der Waals surface area contributed by atoms with Crippen LogP contribution in [-0.4, -0.2) is 15.5 Å². The molecule has 0 saturated carbocycles. The molecule has 2 rings (SSSR count). The molecule has 6 heteroatoms. The summed E-state index contributed by atoms with van der Waals surface area (Å²) in [6.07, 6.45) is 3.16. The van der Waals surface area contributed by atoms with Gasteiger partial charge in [0.1, 0.15) is 5.75 Å². The molecule has 4 nitrogen and oxygen atoms in total. The third kappa shape index (κ3) is 4.62. The third-order valence-electron chi connectivity index (χ3n) is 3.46. The van der Waals surface area contributed by atoms with Crippen LogP contribution >= 0.6 is 11.6 Å². The van der Waals surface area contributed by atoms with Gasteiger partial charge >= 0.3 is 0 Å². The Morgan fingerprint density at radius 3 is 2.39 bits per heavy atom. The Bertz CT molecular complexity index is 758. The number of nitrogens with one attached hydrogen (secondary N) is 1. The first-order chi connectivity index (χ1) is 11.0. The van der Waals surface area contributed by atoms with Crippen LogP contribution in [0.25, 0.3) is 0 Å². The van der Waals surface area contributed by atoms with E-state index < -0.39 is 10.0 Å². The summed E-state index contributed by atoms with van der Waals surface area (Å²) >= 11 is 6.01. The number of rotatable bonds is 7. The number of unbranched alkanes of at least 4 members (excludes halogenated alkanes) is 1. The van der Waals surface area contributed by atoms with Crippen LogP contribution in [0, 0.1) is 0 Å². The first-order valence-corrected chi connectivity index (χ1v) is 9.27. The van der Waals surface area contributed by atoms with Crippen molar-refractivity contribution in [3.05, 3.63) is 53.1 Å². The van der Waals surface area contributed by atoms with Gasteiger partial charge in [-0.05, 0) is 48.7 Å². The van der Waals surface area contributed by atoms with E-state index in [4.69, 9.17) is 16.3 Å². The Morgan fingerprint density at radius 1 is 1.13 bits per heavy atom. The summed E-state index contributed by atoms with van der Waals surface area (Å²) < 4.78 is 32.4. The summed E-state index contributed by atoms with van der Waals surface area (Å²) in [6.45, 7) is 2.13. The molecule has 1 N–H and O–H groups in total. The zero-order valence-corrected chi connectivity index (χ0v) is 14.7. The van der Waals surface area contributed by atoms with Crippen molar-refractivity contribution in [1.29, 1.82) is 0 Å². The predicted molar refractivity (Wildman–Crippen MR) is 93.9 cm³/mol. The molecule has 0 radical (unpaired) electrons. The molecule has 0 fully saturated rings. The fourth-order valence-electron chi connectivity index (χ4n) is 2.16. The van der Waals surface area contributed by atoms with Gasteiger partial charge in [-0.25, -0.2) is 8.42 Å². The Balaban J connectivity index is 2.16. The quantitative estimate of drug-likeness (QED) is 0.797. The standard InChI is InChI=1S/C17H20ClNO3S/c1-3-4-5-13-6-9-15(10-7-13)23(20,21)19-14-8-11-17(22-2)16(18)12-14/h6-12,19H,3-5H2,1-2H3. The van der Waals surface area contributed by atoms with Crippen molar-refractivity contribution in [2.24, 2.45) is 0 Å². The van der Waals surface area contributed by atoms with E-state index in [9.17, 15) is 8.42 Å². The summed E-state index contributed by atoms with van der Waals surface area (Å²) in [5.41, 5.74) is 1.53. The number of anilines is 1. The summed E-state index contributed by atoms with van der Waals surface area (Å²) in [6, 6.07) is 11.7. The molecular weight excluding hydrogens is 334 g/mol. The SMILES string of the molecule is CCCCc1ccc(S(=O)(=O)Nc2ccc(OC)c(Cl)c2)cc1. The number of hydrogen-bond acceptors (Lipinski definition) is 3. The number of aryl methyl sites for hydroxylation is 1. The van der Waals surface area contributed by atoms with Crippen molar-refractivity contribution in [2.75, 3.05) is 11.8 Å². The van der Waals surface area contributed by atoms with Gasteiger partial charge in [0.2, 0.25) is 0 Å². The molecule has 23 heavy (non-hydrogen) atoms. The van der Waals surface area contributed by atoms with Crippen LogP contribution in [0.4, 0.5) is 5.69 Å². The second kappa shape index (κ2) is 7.70. The molecule has 0 atom stereocenters. The van der Waals surface area contributed by atoms with Crippen molar-refractivity contribution >= 4 is 27.3 Å². The van der Waals surface area contributed by atoms with E-state index in [0.717, 1.165) is 24.8 Å². The van der Waals surface area contributed by atoms with Gasteiger partial charge in [0, 0.05) is 0 Å². The molecule has 0 aliphatic carbocycles. The monoisotopic (exact) mass is 353 g/mol. The van der Waals surface area contributed by atoms with Crippen LogP contribution in [-0.2, 0) is 16.4 Å². The molecule has 0 bridgehead atoms. The molecule has 0 spiro atoms. The van der Waals surface area contributed by atoms with Crippen molar-refractivity contribution in [1.82, 2.24) is 0 Å². The van der Waals surface area contributed by atoms with Crippen LogP contribution in [0.3, 0.4) is 0 Å². The van der Waals surface area contributed by atoms with Crippen molar-refractivity contribution in [3.8, 4) is 5.75 Å². The highest BCUT2D eigenvalue weighted by Gasteiger charge is 2.15. The summed E-state index contributed by atoms with van der Waals surface area (Å²) in [7, 11) is -2.13. The fraction of sp³-hybridized carbons (Fsp3) is 0.294. The first-order valence-electron chi connectivity index (χ1n) is 7.41. The second-order valence-corrected chi connectivity index (χ2v) is 7.29. The van der Waals surface area contributed by atoms with Gasteiger partial charge < -0.3 is 4.74 Å². The lowest BCUT2D eigenvalue weighted by Crippen LogP contribution is -2.13. The fourth-order valence-corrected chi connectivity index (χ4v) is 3.47. The number of methoxy groups -OCH3 is 1. The molecule has 124 valence electrons. The minimum atomic E-state index is -3.64. The Morgan fingerprint density at radius 2 is 1.83 bits per heavy atom. The van der Waals surface area contributed by atoms with Gasteiger partial charge in [0.05, 0.1) is 22.7 Å². The number of ether oxygens (including phenoxy) is 1. The average Bonchev–Trinajstić information content (AvgIpc) is 2.53. The minimum absolute atomic E-state index is 0.227. The number of benzene rings is 2. The predicted octanol–water partition coefficient (Wildman–Crippen LogP) is 4.49. The normalized spacial score (nSPS) is 11.3. The highest BCUT2D eigenvalue weighted by Crippen LogP contribution is 2.28. The molecule has 0 aliphatic rings. The molecule has 0 saturated heterocycles. The zero-order chi connectivity index (χ0) is 16.9. The minimum Gasteiger partial charge on any atom is -0.495 e. The smallest absolute Gasteiger partial charge is 0.261 e. The molecule has 2 aromatic carbocycles. The van der Waals surface area contributed by atoms with Crippen LogP contribution in [0.2, 0.25) is 5.02 Å². The number of hydrogen-bond donors (Lipinski definition) is 1. The molecular formula is C17H20ClNO3S. The maximum absolute atomic E-state index is 12.4. The average molecular weight is 354 g/mol. The Hall–Kier alpha value is -1.72. The van der Waals surface area contributed by atoms with Crippen molar-refractivity contribution in [2.45, 2.75) is 31.1 Å². The number of sulfonamides is 1. The van der Waals surface area contributed by atoms with Gasteiger partial charge in [0.25, 0.3) is 10.0 Å². The third-order valence-corrected chi connectivity index (χ3v) is 5.15. The van der Waals surface area contributed by atoms with Crippen molar-refractivity contribution < 1.29 is 13.2 Å². The maximum Gasteiger partial charge on any atom is 0.261 e. The van der Waals surface area contributed by atoms with E-state index in [1.807, 2.05) is 12.1 Å². The van der Waals surface area contributed by atoms with Gasteiger partial charge in [-0.15, -0.1) is 0 Å². The Kier molecular flexibility index (Phi) is 5.91. The van der Waals surface area contributed by atoms with Gasteiger partial charge in [-0.3, -0.25) is 4.72 Å². The molecule has 0 aliphatic heterocycles. The van der Waals surface area contributed by atoms with E-state index in [0.29, 0.717) is 16.5 Å². The van der Waals surface area contributed by atoms with Crippen LogP contribution in [0.5, 0.6) is 5.75 Å². The van der Waals surface area contributed by atoms with Crippen LogP contribution in [0.1, 0.15) is 25.3 Å². The maximum atomic E-state index is 12.4. The van der Waals surface area contributed by atoms with E-state index in [2.05, 4.69) is 11.6 Å². The molecule has 0 aromatic heterocycles. The molecule has 2 aromatic rings. The van der Waals surface area contributed by atoms with Gasteiger partial charge in [-0.2, -0.15) is 0 Å². The molecule has 0 amide bonds. The Labute approximate surface area is 142 Å². The molecule has 0 unspecified atom stereocenters. The first kappa shape index (κ1) is 17.6. The number of halogens is 1. The van der Waals surface area contributed by atoms with E-state index in [1.54, 1.807) is 24.3 Å². The largest absolute Gasteiger partial charge is 0.495 e. The lowest BCUT2D eigenvalue weighted by atomic mass is 10.1. The van der Waals surface area contributed by atoms with Crippen LogP contribution < -0.4 is 9.46 Å². The lowest BCUT2D eigenvalue weighted by Gasteiger charge is -2.10. The summed E-state index contributed by atoms with van der Waals surface area (Å²) in [5, 5.41) is 0.350. The van der Waals surface area contributed by atoms with Gasteiger partial charge in [-0.1, -0.05) is 37.1 Å². The lowest BCUT2D eigenvalue weighted by molar-refractivity contribution is 0.415.